The van der Waals surface area contributed by atoms with Gasteiger partial charge in [0.05, 0.1) is 19.3 Å². The summed E-state index contributed by atoms with van der Waals surface area (Å²) in [6.45, 7) is 3.02. The second kappa shape index (κ2) is 7.28. The molecule has 0 aromatic heterocycles. The average Bonchev–Trinajstić information content (AvgIpc) is 3.23. The van der Waals surface area contributed by atoms with Crippen molar-refractivity contribution in [1.29, 1.82) is 5.26 Å². The van der Waals surface area contributed by atoms with Crippen molar-refractivity contribution in [2.75, 3.05) is 26.9 Å². The maximum atomic E-state index is 8.80. The van der Waals surface area contributed by atoms with Gasteiger partial charge in [0, 0.05) is 32.0 Å². The third-order valence-corrected chi connectivity index (χ3v) is 3.67. The first kappa shape index (κ1) is 14.8. The van der Waals surface area contributed by atoms with Crippen molar-refractivity contribution in [3.05, 3.63) is 29.8 Å². The van der Waals surface area contributed by atoms with Crippen LogP contribution in [0.5, 0.6) is 5.75 Å². The largest absolute Gasteiger partial charge is 0.493 e. The topological polar surface area (TPSA) is 54.3 Å². The minimum Gasteiger partial charge on any atom is -0.493 e. The number of ether oxygens (including phenoxy) is 2. The van der Waals surface area contributed by atoms with E-state index in [0.29, 0.717) is 19.6 Å². The third kappa shape index (κ3) is 4.52. The van der Waals surface area contributed by atoms with Gasteiger partial charge in [0.25, 0.3) is 0 Å². The minimum absolute atomic E-state index is 0.126. The van der Waals surface area contributed by atoms with E-state index >= 15 is 0 Å². The molecular formula is C16H22N2O2. The maximum absolute atomic E-state index is 8.80. The summed E-state index contributed by atoms with van der Waals surface area (Å²) in [5.41, 5.74) is 1.32. The van der Waals surface area contributed by atoms with E-state index in [0.717, 1.165) is 31.7 Å². The highest BCUT2D eigenvalue weighted by Gasteiger charge is 2.43. The molecule has 0 unspecified atom stereocenters. The molecular weight excluding hydrogens is 252 g/mol. The lowest BCUT2D eigenvalue weighted by Gasteiger charge is -2.13. The van der Waals surface area contributed by atoms with E-state index < -0.39 is 0 Å². The fourth-order valence-corrected chi connectivity index (χ4v) is 2.11. The summed E-state index contributed by atoms with van der Waals surface area (Å²) in [5, 5.41) is 12.1. The van der Waals surface area contributed by atoms with Gasteiger partial charge in [0.1, 0.15) is 5.75 Å². The van der Waals surface area contributed by atoms with Crippen molar-refractivity contribution < 1.29 is 9.47 Å². The zero-order chi connectivity index (χ0) is 14.3. The van der Waals surface area contributed by atoms with Crippen molar-refractivity contribution in [1.82, 2.24) is 5.32 Å². The average molecular weight is 274 g/mol. The van der Waals surface area contributed by atoms with Crippen molar-refractivity contribution in [2.45, 2.75) is 25.8 Å². The molecule has 1 saturated carbocycles. The van der Waals surface area contributed by atoms with Crippen LogP contribution in [-0.2, 0) is 11.3 Å². The van der Waals surface area contributed by atoms with Crippen LogP contribution < -0.4 is 10.1 Å². The van der Waals surface area contributed by atoms with Gasteiger partial charge < -0.3 is 14.8 Å². The summed E-state index contributed by atoms with van der Waals surface area (Å²) < 4.78 is 10.8. The number of benzene rings is 1. The Morgan fingerprint density at radius 3 is 2.95 bits per heavy atom. The second-order valence-electron chi connectivity index (χ2n) is 5.44. The molecule has 20 heavy (non-hydrogen) atoms. The lowest BCUT2D eigenvalue weighted by Crippen LogP contribution is -2.18. The van der Waals surface area contributed by atoms with Gasteiger partial charge in [-0.05, 0) is 30.5 Å². The van der Waals surface area contributed by atoms with Gasteiger partial charge >= 0.3 is 0 Å². The maximum Gasteiger partial charge on any atom is 0.119 e. The van der Waals surface area contributed by atoms with Crippen LogP contribution >= 0.6 is 0 Å². The number of nitrogens with one attached hydrogen (secondary N) is 1. The van der Waals surface area contributed by atoms with Gasteiger partial charge in [-0.25, -0.2) is 0 Å². The lowest BCUT2D eigenvalue weighted by atomic mass is 10.1. The number of rotatable bonds is 9. The Kier molecular flexibility index (Phi) is 5.40. The highest BCUT2D eigenvalue weighted by Crippen LogP contribution is 2.48. The van der Waals surface area contributed by atoms with Gasteiger partial charge in [-0.1, -0.05) is 12.1 Å². The van der Waals surface area contributed by atoms with E-state index in [1.165, 1.54) is 5.56 Å². The predicted octanol–water partition coefficient (Wildman–Crippen LogP) is 2.50. The first-order valence-electron chi connectivity index (χ1n) is 7.06. The van der Waals surface area contributed by atoms with Gasteiger partial charge in [-0.3, -0.25) is 0 Å². The number of nitrogens with zero attached hydrogens (tertiary/aromatic N) is 1. The van der Waals surface area contributed by atoms with Crippen LogP contribution in [0.4, 0.5) is 0 Å². The van der Waals surface area contributed by atoms with Gasteiger partial charge in [0.2, 0.25) is 0 Å². The van der Waals surface area contributed by atoms with Crippen LogP contribution in [-0.4, -0.2) is 26.9 Å². The first-order valence-corrected chi connectivity index (χ1v) is 7.06. The van der Waals surface area contributed by atoms with Crippen LogP contribution in [0, 0.1) is 16.7 Å². The van der Waals surface area contributed by atoms with Crippen molar-refractivity contribution in [3.63, 3.8) is 0 Å². The van der Waals surface area contributed by atoms with Crippen LogP contribution in [0.3, 0.4) is 0 Å². The molecule has 4 heteroatoms. The molecule has 2 rings (SSSR count). The van der Waals surface area contributed by atoms with Gasteiger partial charge in [-0.15, -0.1) is 0 Å². The van der Waals surface area contributed by atoms with E-state index in [2.05, 4.69) is 23.5 Å². The quantitative estimate of drug-likeness (QED) is 0.703. The first-order chi connectivity index (χ1) is 9.78. The molecule has 0 amide bonds. The molecule has 108 valence electrons. The van der Waals surface area contributed by atoms with Crippen LogP contribution in [0.25, 0.3) is 0 Å². The highest BCUT2D eigenvalue weighted by molar-refractivity contribution is 5.28. The summed E-state index contributed by atoms with van der Waals surface area (Å²) >= 11 is 0. The third-order valence-electron chi connectivity index (χ3n) is 3.67. The smallest absolute Gasteiger partial charge is 0.119 e. The minimum atomic E-state index is 0.126. The summed E-state index contributed by atoms with van der Waals surface area (Å²) in [4.78, 5) is 0. The molecule has 0 atom stereocenters. The molecule has 1 fully saturated rings. The molecule has 1 aromatic carbocycles. The molecule has 0 heterocycles. The van der Waals surface area contributed by atoms with E-state index in [1.54, 1.807) is 7.11 Å². The molecule has 0 aliphatic heterocycles. The number of hydrogen-bond acceptors (Lipinski definition) is 4. The van der Waals surface area contributed by atoms with Gasteiger partial charge in [0.15, 0.2) is 0 Å². The van der Waals surface area contributed by atoms with E-state index in [4.69, 9.17) is 14.7 Å². The SMILES string of the molecule is COCCNCc1cccc(OCC2(CC#N)CC2)c1. The molecule has 1 aromatic rings. The monoisotopic (exact) mass is 274 g/mol. The van der Waals surface area contributed by atoms with Crippen LogP contribution in [0.15, 0.2) is 24.3 Å². The predicted molar refractivity (Wildman–Crippen MR) is 77.4 cm³/mol. The Bertz CT molecular complexity index is 464. The summed E-state index contributed by atoms with van der Waals surface area (Å²) in [6, 6.07) is 10.4. The van der Waals surface area contributed by atoms with E-state index in [1.807, 2.05) is 12.1 Å². The highest BCUT2D eigenvalue weighted by atomic mass is 16.5. The Labute approximate surface area is 120 Å². The molecule has 0 bridgehead atoms. The Morgan fingerprint density at radius 2 is 2.25 bits per heavy atom. The van der Waals surface area contributed by atoms with Crippen molar-refractivity contribution >= 4 is 0 Å². The second-order valence-corrected chi connectivity index (χ2v) is 5.44. The standard InChI is InChI=1S/C16H22N2O2/c1-19-10-9-18-12-14-3-2-4-15(11-14)20-13-16(5-6-16)7-8-17/h2-4,11,18H,5-7,9-10,12-13H2,1H3. The Morgan fingerprint density at radius 1 is 1.40 bits per heavy atom. The summed E-state index contributed by atoms with van der Waals surface area (Å²) in [5.74, 6) is 0.889. The van der Waals surface area contributed by atoms with Crippen molar-refractivity contribution in [2.24, 2.45) is 5.41 Å². The fraction of sp³-hybridized carbons (Fsp3) is 0.562. The molecule has 0 saturated heterocycles. The van der Waals surface area contributed by atoms with E-state index in [9.17, 15) is 0 Å². The van der Waals surface area contributed by atoms with Crippen molar-refractivity contribution in [3.8, 4) is 11.8 Å². The number of nitriles is 1. The Balaban J connectivity index is 1.79. The van der Waals surface area contributed by atoms with E-state index in [-0.39, 0.29) is 5.41 Å². The molecule has 1 aliphatic carbocycles. The zero-order valence-corrected chi connectivity index (χ0v) is 12.0. The van der Waals surface area contributed by atoms with Crippen LogP contribution in [0.2, 0.25) is 0 Å². The molecule has 0 radical (unpaired) electrons. The number of methoxy groups -OCH3 is 1. The molecule has 1 N–H and O–H groups in total. The zero-order valence-electron chi connectivity index (χ0n) is 12.0. The summed E-state index contributed by atoms with van der Waals surface area (Å²) in [7, 11) is 1.70. The van der Waals surface area contributed by atoms with Gasteiger partial charge in [-0.2, -0.15) is 5.26 Å². The number of hydrogen-bond donors (Lipinski definition) is 1. The molecule has 0 spiro atoms. The fourth-order valence-electron chi connectivity index (χ4n) is 2.11. The molecule has 4 nitrogen and oxygen atoms in total. The lowest BCUT2D eigenvalue weighted by molar-refractivity contribution is 0.199. The molecule has 1 aliphatic rings. The normalized spacial score (nSPS) is 15.6. The van der Waals surface area contributed by atoms with Crippen LogP contribution in [0.1, 0.15) is 24.8 Å². The summed E-state index contributed by atoms with van der Waals surface area (Å²) in [6.07, 6.45) is 2.82. The Hall–Kier alpha value is -1.57.